The highest BCUT2D eigenvalue weighted by Gasteiger charge is 2.19. The quantitative estimate of drug-likeness (QED) is 0.0834. The van der Waals surface area contributed by atoms with Crippen molar-refractivity contribution in [1.29, 1.82) is 0 Å². The second-order valence-electron chi connectivity index (χ2n) is 12.9. The number of aryl methyl sites for hydroxylation is 3. The van der Waals surface area contributed by atoms with Crippen LogP contribution in [0.25, 0.3) is 0 Å². The van der Waals surface area contributed by atoms with Gasteiger partial charge in [-0.15, -0.1) is 0 Å². The maximum absolute atomic E-state index is 13.5. The molecule has 57 heavy (non-hydrogen) atoms. The Balaban J connectivity index is 0.000000208. The van der Waals surface area contributed by atoms with E-state index in [1.54, 1.807) is 43.6 Å². The number of aromatic nitrogens is 2. The maximum atomic E-state index is 13.5. The van der Waals surface area contributed by atoms with E-state index in [2.05, 4.69) is 25.3 Å². The van der Waals surface area contributed by atoms with Gasteiger partial charge in [-0.2, -0.15) is 0 Å². The third-order valence-corrected chi connectivity index (χ3v) is 12.1. The van der Waals surface area contributed by atoms with Gasteiger partial charge in [-0.25, -0.2) is 27.5 Å². The molecule has 0 amide bonds. The van der Waals surface area contributed by atoms with Crippen LogP contribution in [-0.2, 0) is 23.1 Å². The molecule has 0 fully saturated rings. The van der Waals surface area contributed by atoms with E-state index < -0.39 is 15.8 Å². The first-order chi connectivity index (χ1) is 27.4. The zero-order chi connectivity index (χ0) is 40.5. The summed E-state index contributed by atoms with van der Waals surface area (Å²) >= 11 is 2.59. The molecule has 0 radical (unpaired) electrons. The number of hydrogen-bond acceptors (Lipinski definition) is 11. The van der Waals surface area contributed by atoms with E-state index in [0.29, 0.717) is 54.5 Å². The number of nitrogens with two attached hydrogens (primary N) is 1. The Morgan fingerprint density at radius 1 is 0.649 bits per heavy atom. The Kier molecular flexibility index (Phi) is 13.1. The first kappa shape index (κ1) is 40.8. The highest BCUT2D eigenvalue weighted by molar-refractivity contribution is 7.89. The molecule has 7 aromatic rings. The monoisotopic (exact) mass is 818 g/mol. The van der Waals surface area contributed by atoms with Crippen LogP contribution in [0, 0.1) is 26.6 Å². The minimum atomic E-state index is -3.88. The Morgan fingerprint density at radius 3 is 1.68 bits per heavy atom. The van der Waals surface area contributed by atoms with Gasteiger partial charge in [-0.1, -0.05) is 102 Å². The number of hydrogen-bond donors (Lipinski definition) is 4. The SMILES string of the molecule is Cc1ccccc1C(=O)c1cnc(Nc2cccc(CN)c2)s1.Cc1ccccc1C(=O)c1cnc(Nc2cccc(CNS(=O)(=O)c3cc(F)ccc3C)c2)s1. The third-order valence-electron chi connectivity index (χ3n) is 8.74. The average molecular weight is 819 g/mol. The van der Waals surface area contributed by atoms with E-state index in [1.807, 2.05) is 86.6 Å². The molecular weight excluding hydrogens is 780 g/mol. The van der Waals surface area contributed by atoms with Gasteiger partial charge in [0.05, 0.1) is 27.0 Å². The lowest BCUT2D eigenvalue weighted by molar-refractivity contribution is 0.103. The average Bonchev–Trinajstić information content (AvgIpc) is 3.88. The Bertz CT molecular complexity index is 2660. The van der Waals surface area contributed by atoms with E-state index in [9.17, 15) is 22.4 Å². The van der Waals surface area contributed by atoms with Crippen LogP contribution in [0.3, 0.4) is 0 Å². The Labute approximate surface area is 338 Å². The molecule has 0 saturated carbocycles. The topological polar surface area (TPSA) is 156 Å². The molecule has 0 bridgehead atoms. The third kappa shape index (κ3) is 10.5. The smallest absolute Gasteiger partial charge is 0.241 e. The fraction of sp³-hybridized carbons (Fsp3) is 0.116. The summed E-state index contributed by atoms with van der Waals surface area (Å²) < 4.78 is 41.3. The summed E-state index contributed by atoms with van der Waals surface area (Å²) in [5, 5.41) is 7.62. The number of carbonyl (C=O) groups excluding carboxylic acids is 2. The number of benzene rings is 5. The van der Waals surface area contributed by atoms with Gasteiger partial charge < -0.3 is 16.4 Å². The summed E-state index contributed by atoms with van der Waals surface area (Å²) in [7, 11) is -3.88. The van der Waals surface area contributed by atoms with Crippen molar-refractivity contribution in [3.8, 4) is 0 Å². The standard InChI is InChI=1S/C25H22FN3O3S2.C18H17N3OS/c1-16-6-3-4-9-21(16)24(30)22-15-27-25(33-22)29-20-8-5-7-18(12-20)14-28-34(31,32)23-13-19(26)11-10-17(23)2;1-12-5-2-3-8-15(12)17(22)16-11-20-18(23-16)21-14-7-4-6-13(9-14)10-19/h3-13,15,28H,14H2,1-2H3,(H,27,29);2-9,11H,10,19H2,1H3,(H,20,21). The van der Waals surface area contributed by atoms with Gasteiger partial charge in [-0.3, -0.25) is 9.59 Å². The second-order valence-corrected chi connectivity index (χ2v) is 16.7. The van der Waals surface area contributed by atoms with Crippen molar-refractivity contribution in [1.82, 2.24) is 14.7 Å². The fourth-order valence-corrected chi connectivity index (χ4v) is 8.55. The molecule has 2 aromatic heterocycles. The zero-order valence-electron chi connectivity index (χ0n) is 31.2. The zero-order valence-corrected chi connectivity index (χ0v) is 33.7. The van der Waals surface area contributed by atoms with Crippen LogP contribution in [0.1, 0.15) is 58.3 Å². The molecular formula is C43H39FN6O4S3. The number of nitrogens with one attached hydrogen (secondary N) is 3. The summed E-state index contributed by atoms with van der Waals surface area (Å²) in [5.41, 5.74) is 12.7. The van der Waals surface area contributed by atoms with Crippen LogP contribution in [0.15, 0.2) is 133 Å². The van der Waals surface area contributed by atoms with Crippen LogP contribution >= 0.6 is 22.7 Å². The highest BCUT2D eigenvalue weighted by Crippen LogP contribution is 2.28. The van der Waals surface area contributed by atoms with Crippen molar-refractivity contribution < 1.29 is 22.4 Å². The number of sulfonamides is 1. The first-order valence-corrected chi connectivity index (χ1v) is 20.8. The molecule has 10 nitrogen and oxygen atoms in total. The Hall–Kier alpha value is -5.90. The number of halogens is 1. The van der Waals surface area contributed by atoms with Crippen molar-refractivity contribution in [2.24, 2.45) is 5.73 Å². The van der Waals surface area contributed by atoms with Crippen molar-refractivity contribution in [2.45, 2.75) is 38.8 Å². The molecule has 5 aromatic carbocycles. The predicted octanol–water partition coefficient (Wildman–Crippen LogP) is 9.24. The summed E-state index contributed by atoms with van der Waals surface area (Å²) in [6.07, 6.45) is 3.16. The van der Waals surface area contributed by atoms with Gasteiger partial charge in [0.25, 0.3) is 0 Å². The molecule has 290 valence electrons. The van der Waals surface area contributed by atoms with Gasteiger partial charge in [0, 0.05) is 35.6 Å². The normalized spacial score (nSPS) is 11.0. The number of rotatable bonds is 13. The number of ketones is 2. The molecule has 0 saturated heterocycles. The summed E-state index contributed by atoms with van der Waals surface area (Å²) in [5.74, 6) is -0.690. The molecule has 2 heterocycles. The van der Waals surface area contributed by atoms with E-state index in [-0.39, 0.29) is 23.0 Å². The molecule has 0 aliphatic heterocycles. The van der Waals surface area contributed by atoms with Gasteiger partial charge in [0.15, 0.2) is 10.3 Å². The van der Waals surface area contributed by atoms with E-state index in [4.69, 9.17) is 5.73 Å². The second kappa shape index (κ2) is 18.4. The van der Waals surface area contributed by atoms with Crippen LogP contribution in [0.2, 0.25) is 0 Å². The highest BCUT2D eigenvalue weighted by atomic mass is 32.2. The van der Waals surface area contributed by atoms with Crippen molar-refractivity contribution in [3.05, 3.63) is 182 Å². The van der Waals surface area contributed by atoms with E-state index >= 15 is 0 Å². The van der Waals surface area contributed by atoms with Gasteiger partial charge in [0.2, 0.25) is 21.6 Å². The van der Waals surface area contributed by atoms with Crippen LogP contribution in [-0.4, -0.2) is 30.0 Å². The lowest BCUT2D eigenvalue weighted by Crippen LogP contribution is -2.24. The van der Waals surface area contributed by atoms with Crippen LogP contribution in [0.4, 0.5) is 26.0 Å². The molecule has 0 unspecified atom stereocenters. The minimum absolute atomic E-state index is 0.00404. The fourth-order valence-electron chi connectivity index (χ4n) is 5.70. The van der Waals surface area contributed by atoms with E-state index in [0.717, 1.165) is 28.4 Å². The lowest BCUT2D eigenvalue weighted by Gasteiger charge is -2.10. The predicted molar refractivity (Wildman–Crippen MR) is 226 cm³/mol. The van der Waals surface area contributed by atoms with Gasteiger partial charge in [-0.05, 0) is 85.0 Å². The Morgan fingerprint density at radius 2 is 1.16 bits per heavy atom. The first-order valence-electron chi connectivity index (χ1n) is 17.7. The molecule has 0 atom stereocenters. The van der Waals surface area contributed by atoms with Crippen LogP contribution in [0.5, 0.6) is 0 Å². The largest absolute Gasteiger partial charge is 0.332 e. The van der Waals surface area contributed by atoms with E-state index in [1.165, 1.54) is 34.8 Å². The van der Waals surface area contributed by atoms with Crippen LogP contribution < -0.4 is 21.1 Å². The van der Waals surface area contributed by atoms with Crippen molar-refractivity contribution in [2.75, 3.05) is 10.6 Å². The molecule has 5 N–H and O–H groups in total. The van der Waals surface area contributed by atoms with Gasteiger partial charge in [0.1, 0.15) is 5.82 Å². The summed E-state index contributed by atoms with van der Waals surface area (Å²) in [6.45, 7) is 5.96. The maximum Gasteiger partial charge on any atom is 0.241 e. The molecule has 7 rings (SSSR count). The van der Waals surface area contributed by atoms with Crippen molar-refractivity contribution in [3.63, 3.8) is 0 Å². The molecule has 0 aliphatic rings. The van der Waals surface area contributed by atoms with Gasteiger partial charge >= 0.3 is 0 Å². The number of thiazole rings is 2. The summed E-state index contributed by atoms with van der Waals surface area (Å²) in [6, 6.07) is 33.6. The number of carbonyl (C=O) groups is 2. The number of nitrogens with zero attached hydrogens (tertiary/aromatic N) is 2. The molecule has 14 heteroatoms. The van der Waals surface area contributed by atoms with Crippen molar-refractivity contribution >= 4 is 65.9 Å². The lowest BCUT2D eigenvalue weighted by atomic mass is 10.0. The summed E-state index contributed by atoms with van der Waals surface area (Å²) in [4.78, 5) is 35.0. The molecule has 0 spiro atoms. The molecule has 0 aliphatic carbocycles. The number of anilines is 4. The minimum Gasteiger partial charge on any atom is -0.332 e.